The molecule has 0 aliphatic carbocycles. The third-order valence-corrected chi connectivity index (χ3v) is 3.47. The largest absolute Gasteiger partial charge is 0.324 e. The number of nitrogens with two attached hydrogens (primary N) is 1. The van der Waals surface area contributed by atoms with Gasteiger partial charge in [0, 0.05) is 18.1 Å². The molecule has 0 fully saturated rings. The summed E-state index contributed by atoms with van der Waals surface area (Å²) in [5.41, 5.74) is 6.42. The number of benzene rings is 1. The van der Waals surface area contributed by atoms with Crippen LogP contribution in [0, 0.1) is 0 Å². The zero-order valence-corrected chi connectivity index (χ0v) is 9.81. The number of hydrogen-bond acceptors (Lipinski definition) is 5. The Morgan fingerprint density at radius 3 is 2.82 bits per heavy atom. The topological polar surface area (TPSA) is 64.7 Å². The first kappa shape index (κ1) is 10.3. The number of fused-ring (bicyclic) bond motifs is 1. The Labute approximate surface area is 102 Å². The van der Waals surface area contributed by atoms with E-state index in [1.807, 2.05) is 24.3 Å². The van der Waals surface area contributed by atoms with Crippen LogP contribution in [0.25, 0.3) is 21.5 Å². The van der Waals surface area contributed by atoms with Crippen LogP contribution in [0.4, 0.5) is 0 Å². The van der Waals surface area contributed by atoms with Gasteiger partial charge >= 0.3 is 0 Å². The Morgan fingerprint density at radius 1 is 1.12 bits per heavy atom. The second-order valence-electron chi connectivity index (χ2n) is 3.59. The van der Waals surface area contributed by atoms with Crippen LogP contribution in [0.5, 0.6) is 0 Å². The average molecular weight is 242 g/mol. The zero-order valence-electron chi connectivity index (χ0n) is 9.00. The summed E-state index contributed by atoms with van der Waals surface area (Å²) in [5.74, 6) is 0. The fraction of sp³-hybridized carbons (Fsp3) is 0.0833. The molecule has 3 aromatic rings. The molecule has 0 radical (unpaired) electrons. The van der Waals surface area contributed by atoms with E-state index in [0.717, 1.165) is 26.5 Å². The second kappa shape index (κ2) is 4.20. The molecule has 1 aromatic carbocycles. The molecule has 0 aliphatic heterocycles. The number of aromatic nitrogens is 3. The van der Waals surface area contributed by atoms with Crippen LogP contribution >= 0.6 is 11.3 Å². The molecule has 0 bridgehead atoms. The molecule has 5 heteroatoms. The fourth-order valence-electron chi connectivity index (χ4n) is 1.72. The van der Waals surface area contributed by atoms with E-state index in [9.17, 15) is 0 Å². The predicted octanol–water partition coefficient (Wildman–Crippen LogP) is 2.21. The molecule has 0 atom stereocenters. The number of rotatable bonds is 2. The Hall–Kier alpha value is -1.85. The maximum absolute atomic E-state index is 5.54. The summed E-state index contributed by atoms with van der Waals surface area (Å²) in [6, 6.07) is 10.1. The van der Waals surface area contributed by atoms with E-state index in [-0.39, 0.29) is 0 Å². The molecule has 0 saturated heterocycles. The second-order valence-corrected chi connectivity index (χ2v) is 4.65. The summed E-state index contributed by atoms with van der Waals surface area (Å²) >= 11 is 1.49. The molecule has 0 saturated carbocycles. The Balaban J connectivity index is 2.23. The number of pyridine rings is 1. The smallest absolute Gasteiger partial charge is 0.166 e. The van der Waals surface area contributed by atoms with E-state index in [2.05, 4.69) is 21.2 Å². The molecule has 0 amide bonds. The minimum Gasteiger partial charge on any atom is -0.324 e. The molecule has 0 unspecified atom stereocenters. The van der Waals surface area contributed by atoms with Crippen molar-refractivity contribution in [2.45, 2.75) is 6.54 Å². The molecule has 84 valence electrons. The summed E-state index contributed by atoms with van der Waals surface area (Å²) in [6.45, 7) is 0.419. The Bertz CT molecular complexity index is 657. The van der Waals surface area contributed by atoms with Gasteiger partial charge in [-0.2, -0.15) is 0 Å². The lowest BCUT2D eigenvalue weighted by atomic mass is 10.1. The summed E-state index contributed by atoms with van der Waals surface area (Å²) in [7, 11) is 0. The lowest BCUT2D eigenvalue weighted by Gasteiger charge is -2.00. The van der Waals surface area contributed by atoms with E-state index in [1.165, 1.54) is 11.3 Å². The van der Waals surface area contributed by atoms with Crippen LogP contribution in [-0.2, 0) is 6.54 Å². The predicted molar refractivity (Wildman–Crippen MR) is 68.5 cm³/mol. The van der Waals surface area contributed by atoms with E-state index in [0.29, 0.717) is 6.54 Å². The summed E-state index contributed by atoms with van der Waals surface area (Å²) in [5, 5.41) is 12.1. The van der Waals surface area contributed by atoms with Gasteiger partial charge in [-0.05, 0) is 11.5 Å². The standard InChI is InChI=1S/C12H10N4S/c13-7-10-15-16-12(17-10)11-9-4-2-1-3-8(9)5-6-14-11/h1-6H,7,13H2. The summed E-state index contributed by atoms with van der Waals surface area (Å²) < 4.78 is 0. The molecule has 17 heavy (non-hydrogen) atoms. The van der Waals surface area contributed by atoms with Crippen LogP contribution in [0.1, 0.15) is 5.01 Å². The van der Waals surface area contributed by atoms with Crippen molar-refractivity contribution in [3.8, 4) is 10.7 Å². The Kier molecular flexibility index (Phi) is 2.55. The van der Waals surface area contributed by atoms with Crippen molar-refractivity contribution in [3.63, 3.8) is 0 Å². The van der Waals surface area contributed by atoms with Crippen LogP contribution in [0.2, 0.25) is 0 Å². The third kappa shape index (κ3) is 1.79. The molecule has 3 rings (SSSR count). The molecule has 4 nitrogen and oxygen atoms in total. The van der Waals surface area contributed by atoms with E-state index in [1.54, 1.807) is 6.20 Å². The Morgan fingerprint density at radius 2 is 2.00 bits per heavy atom. The van der Waals surface area contributed by atoms with Gasteiger partial charge in [0.15, 0.2) is 5.01 Å². The molecular formula is C12H10N4S. The van der Waals surface area contributed by atoms with Crippen LogP contribution in [0.3, 0.4) is 0 Å². The maximum atomic E-state index is 5.54. The molecule has 0 spiro atoms. The van der Waals surface area contributed by atoms with Crippen molar-refractivity contribution in [2.75, 3.05) is 0 Å². The van der Waals surface area contributed by atoms with Gasteiger partial charge in [0.25, 0.3) is 0 Å². The zero-order chi connectivity index (χ0) is 11.7. The van der Waals surface area contributed by atoms with Gasteiger partial charge in [-0.15, -0.1) is 10.2 Å². The summed E-state index contributed by atoms with van der Waals surface area (Å²) in [6.07, 6.45) is 1.79. The highest BCUT2D eigenvalue weighted by Crippen LogP contribution is 2.28. The van der Waals surface area contributed by atoms with E-state index in [4.69, 9.17) is 5.73 Å². The minimum absolute atomic E-state index is 0.419. The first-order valence-electron chi connectivity index (χ1n) is 5.25. The lowest BCUT2D eigenvalue weighted by molar-refractivity contribution is 0.959. The van der Waals surface area contributed by atoms with Gasteiger partial charge < -0.3 is 5.73 Å². The van der Waals surface area contributed by atoms with Gasteiger partial charge in [-0.25, -0.2) is 0 Å². The van der Waals surface area contributed by atoms with Crippen molar-refractivity contribution in [1.82, 2.24) is 15.2 Å². The first-order chi connectivity index (χ1) is 8.38. The maximum Gasteiger partial charge on any atom is 0.166 e. The van der Waals surface area contributed by atoms with Gasteiger partial charge in [0.1, 0.15) is 10.7 Å². The van der Waals surface area contributed by atoms with Crippen LogP contribution in [0.15, 0.2) is 36.5 Å². The quantitative estimate of drug-likeness (QED) is 0.748. The van der Waals surface area contributed by atoms with E-state index < -0.39 is 0 Å². The van der Waals surface area contributed by atoms with Crippen molar-refractivity contribution in [2.24, 2.45) is 5.73 Å². The molecule has 2 aromatic heterocycles. The number of nitrogens with zero attached hydrogens (tertiary/aromatic N) is 3. The minimum atomic E-state index is 0.419. The third-order valence-electron chi connectivity index (χ3n) is 2.52. The van der Waals surface area contributed by atoms with Crippen molar-refractivity contribution < 1.29 is 0 Å². The highest BCUT2D eigenvalue weighted by Gasteiger charge is 2.10. The molecule has 0 aliphatic rings. The average Bonchev–Trinajstić information content (AvgIpc) is 2.87. The summed E-state index contributed by atoms with van der Waals surface area (Å²) in [4.78, 5) is 4.39. The van der Waals surface area contributed by atoms with Gasteiger partial charge in [-0.3, -0.25) is 4.98 Å². The molecular weight excluding hydrogens is 232 g/mol. The van der Waals surface area contributed by atoms with Crippen molar-refractivity contribution in [3.05, 3.63) is 41.5 Å². The fourth-order valence-corrected chi connectivity index (χ4v) is 2.45. The molecule has 2 N–H and O–H groups in total. The van der Waals surface area contributed by atoms with Crippen LogP contribution in [-0.4, -0.2) is 15.2 Å². The first-order valence-corrected chi connectivity index (χ1v) is 6.06. The molecule has 2 heterocycles. The van der Waals surface area contributed by atoms with Crippen molar-refractivity contribution >= 4 is 22.1 Å². The van der Waals surface area contributed by atoms with Crippen LogP contribution < -0.4 is 5.73 Å². The van der Waals surface area contributed by atoms with Gasteiger partial charge in [0.05, 0.1) is 0 Å². The lowest BCUT2D eigenvalue weighted by Crippen LogP contribution is -1.94. The van der Waals surface area contributed by atoms with Gasteiger partial charge in [0.2, 0.25) is 0 Å². The van der Waals surface area contributed by atoms with Gasteiger partial charge in [-0.1, -0.05) is 35.6 Å². The van der Waals surface area contributed by atoms with Crippen molar-refractivity contribution in [1.29, 1.82) is 0 Å². The normalized spacial score (nSPS) is 10.9. The van der Waals surface area contributed by atoms with E-state index >= 15 is 0 Å². The SMILES string of the molecule is NCc1nnc(-c2nccc3ccccc23)s1. The monoisotopic (exact) mass is 242 g/mol. The highest BCUT2D eigenvalue weighted by atomic mass is 32.1. The highest BCUT2D eigenvalue weighted by molar-refractivity contribution is 7.14. The number of hydrogen-bond donors (Lipinski definition) is 1.